The molecule has 4 fully saturated rings. The maximum absolute atomic E-state index is 13.9. The second-order valence-corrected chi connectivity index (χ2v) is 15.6. The first kappa shape index (κ1) is 33.8. The van der Waals surface area contributed by atoms with Crippen molar-refractivity contribution in [1.29, 1.82) is 0 Å². The van der Waals surface area contributed by atoms with Crippen molar-refractivity contribution in [3.05, 3.63) is 34.2 Å². The molecule has 49 heavy (non-hydrogen) atoms. The number of nitrogens with one attached hydrogen (secondary N) is 1. The van der Waals surface area contributed by atoms with Gasteiger partial charge in [-0.2, -0.15) is 0 Å². The van der Waals surface area contributed by atoms with E-state index in [0.717, 1.165) is 65.0 Å². The number of ether oxygens (including phenoxy) is 2. The van der Waals surface area contributed by atoms with Crippen LogP contribution in [0.5, 0.6) is 11.5 Å². The first-order valence-electron chi connectivity index (χ1n) is 18.1. The molecule has 2 aromatic heterocycles. The minimum absolute atomic E-state index is 0.0756. The lowest BCUT2D eigenvalue weighted by Crippen LogP contribution is -2.49. The number of benzene rings is 1. The van der Waals surface area contributed by atoms with Crippen molar-refractivity contribution in [1.82, 2.24) is 20.2 Å². The van der Waals surface area contributed by atoms with Gasteiger partial charge in [0.15, 0.2) is 0 Å². The SMILES string of the molecule is COc1ccc2c(O[C@@H]3CC4C(=O)NC5(C(=O)O)C[C@H]5CCCCCCN(C)C(=O)[C@@H]4C3)cc(-c3csc(C4CCCCC4)n3)nc2c1C. The molecule has 1 aromatic carbocycles. The van der Waals surface area contributed by atoms with Crippen LogP contribution in [-0.2, 0) is 14.4 Å². The van der Waals surface area contributed by atoms with Crippen LogP contribution in [0.2, 0.25) is 0 Å². The normalized spacial score (nSPS) is 28.3. The number of amides is 2. The number of hydrogen-bond acceptors (Lipinski definition) is 8. The van der Waals surface area contributed by atoms with Gasteiger partial charge in [0.25, 0.3) is 0 Å². The molecule has 3 aliphatic carbocycles. The molecular formula is C38H48N4O6S. The van der Waals surface area contributed by atoms with Crippen LogP contribution in [0, 0.1) is 24.7 Å². The number of aryl methyl sites for hydroxylation is 1. The topological polar surface area (TPSA) is 131 Å². The predicted octanol–water partition coefficient (Wildman–Crippen LogP) is 6.88. The van der Waals surface area contributed by atoms with E-state index < -0.39 is 29.4 Å². The summed E-state index contributed by atoms with van der Waals surface area (Å²) in [7, 11) is 3.45. The van der Waals surface area contributed by atoms with E-state index in [1.807, 2.05) is 25.1 Å². The number of methoxy groups -OCH3 is 1. The Balaban J connectivity index is 1.21. The molecular weight excluding hydrogens is 641 g/mol. The van der Waals surface area contributed by atoms with Crippen LogP contribution in [0.15, 0.2) is 23.6 Å². The third-order valence-electron chi connectivity index (χ3n) is 11.6. The molecule has 2 unspecified atom stereocenters. The number of aliphatic carboxylic acids is 1. The molecule has 5 atom stereocenters. The highest BCUT2D eigenvalue weighted by Gasteiger charge is 2.62. The Hall–Kier alpha value is -3.73. The quantitative estimate of drug-likeness (QED) is 0.287. The molecule has 3 saturated carbocycles. The number of carbonyl (C=O) groups excluding carboxylic acids is 2. The summed E-state index contributed by atoms with van der Waals surface area (Å²) in [6, 6.07) is 5.79. The maximum Gasteiger partial charge on any atom is 0.329 e. The molecule has 2 N–H and O–H groups in total. The summed E-state index contributed by atoms with van der Waals surface area (Å²) in [5, 5.41) is 17.2. The largest absolute Gasteiger partial charge is 0.496 e. The zero-order valence-corrected chi connectivity index (χ0v) is 29.7. The molecule has 3 aromatic rings. The molecule has 11 heteroatoms. The second kappa shape index (κ2) is 13.9. The van der Waals surface area contributed by atoms with E-state index in [1.54, 1.807) is 30.4 Å². The molecule has 1 saturated heterocycles. The molecule has 262 valence electrons. The maximum atomic E-state index is 13.9. The molecule has 0 radical (unpaired) electrons. The van der Waals surface area contributed by atoms with Crippen molar-refractivity contribution in [3.8, 4) is 22.9 Å². The monoisotopic (exact) mass is 688 g/mol. The number of rotatable bonds is 6. The highest BCUT2D eigenvalue weighted by Crippen LogP contribution is 2.49. The summed E-state index contributed by atoms with van der Waals surface area (Å²) in [4.78, 5) is 52.1. The van der Waals surface area contributed by atoms with Gasteiger partial charge < -0.3 is 24.8 Å². The van der Waals surface area contributed by atoms with E-state index in [2.05, 4.69) is 10.7 Å². The lowest BCUT2D eigenvalue weighted by atomic mass is 9.90. The number of nitrogens with zero attached hydrogens (tertiary/aromatic N) is 3. The third kappa shape index (κ3) is 6.62. The van der Waals surface area contributed by atoms with Crippen LogP contribution in [0.1, 0.15) is 100.0 Å². The fourth-order valence-electron chi connectivity index (χ4n) is 8.55. The summed E-state index contributed by atoms with van der Waals surface area (Å²) in [5.74, 6) is -0.962. The van der Waals surface area contributed by atoms with Crippen LogP contribution in [0.25, 0.3) is 22.3 Å². The Labute approximate surface area is 292 Å². The van der Waals surface area contributed by atoms with Crippen molar-refractivity contribution in [2.75, 3.05) is 20.7 Å². The van der Waals surface area contributed by atoms with Crippen LogP contribution < -0.4 is 14.8 Å². The van der Waals surface area contributed by atoms with Gasteiger partial charge in [-0.25, -0.2) is 14.8 Å². The molecule has 1 aliphatic heterocycles. The first-order chi connectivity index (χ1) is 23.7. The van der Waals surface area contributed by atoms with Crippen LogP contribution in [0.4, 0.5) is 0 Å². The van der Waals surface area contributed by atoms with Crippen molar-refractivity contribution >= 4 is 40.0 Å². The smallest absolute Gasteiger partial charge is 0.329 e. The van der Waals surface area contributed by atoms with Gasteiger partial charge in [-0.1, -0.05) is 38.5 Å². The minimum atomic E-state index is -1.24. The molecule has 0 bridgehead atoms. The molecule has 10 nitrogen and oxygen atoms in total. The number of thiazole rings is 1. The van der Waals surface area contributed by atoms with Gasteiger partial charge in [-0.3, -0.25) is 9.59 Å². The zero-order valence-electron chi connectivity index (χ0n) is 28.8. The van der Waals surface area contributed by atoms with Crippen LogP contribution >= 0.6 is 11.3 Å². The fourth-order valence-corrected chi connectivity index (χ4v) is 9.53. The summed E-state index contributed by atoms with van der Waals surface area (Å²) in [6.07, 6.45) is 11.3. The molecule has 2 amide bonds. The van der Waals surface area contributed by atoms with Crippen molar-refractivity contribution in [3.63, 3.8) is 0 Å². The van der Waals surface area contributed by atoms with Gasteiger partial charge in [0, 0.05) is 41.9 Å². The number of carboxylic acid groups (broad SMARTS) is 1. The average Bonchev–Trinajstić information content (AvgIpc) is 3.40. The standard InChI is InChI=1S/C38H48N4O6S/c1-22-31(47-3)15-14-26-32(19-29(39-33(22)26)30-21-49-35(40-30)23-11-7-6-8-12-23)48-25-17-27-28(18-25)36(44)42(2)16-10-5-4-9-13-24-20-38(24,37(45)46)41-34(27)43/h14-15,19,21,23-25,27-28H,4-13,16-18,20H2,1-3H3,(H,41,43)(H,45,46)/t24-,25-,27?,28-,38?/m1/s1. The van der Waals surface area contributed by atoms with Gasteiger partial charge in [0.1, 0.15) is 23.1 Å². The first-order valence-corrected chi connectivity index (χ1v) is 19.0. The molecule has 4 aliphatic rings. The number of hydrogen-bond donors (Lipinski definition) is 2. The lowest BCUT2D eigenvalue weighted by Gasteiger charge is -2.26. The number of carboxylic acids is 1. The van der Waals surface area contributed by atoms with E-state index in [1.165, 1.54) is 32.1 Å². The Morgan fingerprint density at radius 3 is 2.49 bits per heavy atom. The molecule has 0 spiro atoms. The minimum Gasteiger partial charge on any atom is -0.496 e. The lowest BCUT2D eigenvalue weighted by molar-refractivity contribution is -0.145. The van der Waals surface area contributed by atoms with E-state index in [-0.39, 0.29) is 17.7 Å². The van der Waals surface area contributed by atoms with E-state index in [4.69, 9.17) is 19.4 Å². The summed E-state index contributed by atoms with van der Waals surface area (Å²) >= 11 is 1.69. The van der Waals surface area contributed by atoms with Crippen LogP contribution in [-0.4, -0.2) is 70.1 Å². The van der Waals surface area contributed by atoms with E-state index in [9.17, 15) is 19.5 Å². The Kier molecular flexibility index (Phi) is 9.56. The predicted molar refractivity (Wildman–Crippen MR) is 188 cm³/mol. The van der Waals surface area contributed by atoms with Gasteiger partial charge >= 0.3 is 5.97 Å². The van der Waals surface area contributed by atoms with Gasteiger partial charge in [0.2, 0.25) is 11.8 Å². The fraction of sp³-hybridized carbons (Fsp3) is 0.605. The highest BCUT2D eigenvalue weighted by atomic mass is 32.1. The summed E-state index contributed by atoms with van der Waals surface area (Å²) in [5.41, 5.74) is 1.94. The van der Waals surface area contributed by atoms with E-state index >= 15 is 0 Å². The van der Waals surface area contributed by atoms with E-state index in [0.29, 0.717) is 43.2 Å². The Morgan fingerprint density at radius 2 is 1.71 bits per heavy atom. The third-order valence-corrected chi connectivity index (χ3v) is 12.6. The second-order valence-electron chi connectivity index (χ2n) is 14.8. The van der Waals surface area contributed by atoms with Gasteiger partial charge in [0.05, 0.1) is 40.9 Å². The number of fused-ring (bicyclic) bond motifs is 3. The van der Waals surface area contributed by atoms with Gasteiger partial charge in [-0.05, 0) is 69.9 Å². The Morgan fingerprint density at radius 1 is 0.980 bits per heavy atom. The van der Waals surface area contributed by atoms with Crippen molar-refractivity contribution in [2.45, 2.75) is 108 Å². The Bertz CT molecular complexity index is 1740. The summed E-state index contributed by atoms with van der Waals surface area (Å²) in [6.45, 7) is 2.62. The molecule has 3 heterocycles. The summed E-state index contributed by atoms with van der Waals surface area (Å²) < 4.78 is 12.4. The van der Waals surface area contributed by atoms with Crippen molar-refractivity contribution < 1.29 is 29.0 Å². The van der Waals surface area contributed by atoms with Gasteiger partial charge in [-0.15, -0.1) is 11.3 Å². The molecule has 7 rings (SSSR count). The average molecular weight is 689 g/mol. The highest BCUT2D eigenvalue weighted by molar-refractivity contribution is 7.10. The number of pyridine rings is 1. The van der Waals surface area contributed by atoms with Crippen molar-refractivity contribution in [2.24, 2.45) is 17.8 Å². The van der Waals surface area contributed by atoms with Crippen LogP contribution in [0.3, 0.4) is 0 Å². The number of carbonyl (C=O) groups is 3. The zero-order chi connectivity index (χ0) is 34.3. The number of aromatic nitrogens is 2.